The molecule has 0 unspecified atom stereocenters. The van der Waals surface area contributed by atoms with Crippen LogP contribution >= 0.6 is 15.2 Å². The Bertz CT molecular complexity index is 1300. The number of hydrogen-bond donors (Lipinski definition) is 6. The van der Waals surface area contributed by atoms with E-state index in [4.69, 9.17) is 29.3 Å². The van der Waals surface area contributed by atoms with E-state index in [1.54, 1.807) is 6.07 Å². The Balaban J connectivity index is 1.50. The molecule has 0 aliphatic carbocycles. The van der Waals surface area contributed by atoms with E-state index >= 15 is 0 Å². The second-order valence-electron chi connectivity index (χ2n) is 8.05. The van der Waals surface area contributed by atoms with E-state index in [-0.39, 0.29) is 31.9 Å². The van der Waals surface area contributed by atoms with Gasteiger partial charge in [-0.15, -0.1) is 0 Å². The quantitative estimate of drug-likeness (QED) is 0.0914. The SMILES string of the molecule is C[n+]1c2ccccc2nc2c(OCCCC(=O)NCCCC(O)(P(=O)(O)O)P(=O)(O)O)cccc21. The zero-order valence-corrected chi connectivity index (χ0v) is 20.7. The van der Waals surface area contributed by atoms with Gasteiger partial charge in [0.15, 0.2) is 11.3 Å². The number of aliphatic hydroxyl groups is 1. The van der Waals surface area contributed by atoms with Crippen molar-refractivity contribution in [2.24, 2.45) is 7.05 Å². The topological polar surface area (TPSA) is 190 Å². The molecule has 1 aromatic heterocycles. The number of benzene rings is 2. The fraction of sp³-hybridized carbons (Fsp3) is 0.381. The maximum atomic E-state index is 12.0. The van der Waals surface area contributed by atoms with Crippen molar-refractivity contribution in [3.05, 3.63) is 42.5 Å². The van der Waals surface area contributed by atoms with Crippen molar-refractivity contribution in [1.29, 1.82) is 0 Å². The molecule has 3 rings (SSSR count). The Kier molecular flexibility index (Phi) is 8.28. The van der Waals surface area contributed by atoms with E-state index < -0.39 is 26.7 Å². The molecule has 190 valence electrons. The van der Waals surface area contributed by atoms with Gasteiger partial charge in [0, 0.05) is 31.5 Å². The number of carbonyl (C=O) groups is 1. The molecular weight excluding hydrogens is 500 g/mol. The Morgan fingerprint density at radius 1 is 1.03 bits per heavy atom. The lowest BCUT2D eigenvalue weighted by molar-refractivity contribution is -0.618. The van der Waals surface area contributed by atoms with Gasteiger partial charge in [0.1, 0.15) is 12.6 Å². The van der Waals surface area contributed by atoms with E-state index in [1.165, 1.54) is 0 Å². The molecule has 2 aromatic carbocycles. The van der Waals surface area contributed by atoms with Crippen LogP contribution in [0.5, 0.6) is 5.75 Å². The molecule has 6 N–H and O–H groups in total. The van der Waals surface area contributed by atoms with Crippen molar-refractivity contribution in [3.63, 3.8) is 0 Å². The highest BCUT2D eigenvalue weighted by Crippen LogP contribution is 2.69. The summed E-state index contributed by atoms with van der Waals surface area (Å²) >= 11 is 0. The molecule has 1 amide bonds. The second kappa shape index (κ2) is 10.7. The highest BCUT2D eigenvalue weighted by Gasteiger charge is 2.58. The summed E-state index contributed by atoms with van der Waals surface area (Å²) in [4.78, 5) is 53.2. The molecule has 35 heavy (non-hydrogen) atoms. The minimum atomic E-state index is -5.50. The van der Waals surface area contributed by atoms with Gasteiger partial charge < -0.3 is 34.7 Å². The number of para-hydroxylation sites is 3. The molecule has 0 bridgehead atoms. The van der Waals surface area contributed by atoms with E-state index in [0.717, 1.165) is 16.6 Å². The maximum Gasteiger partial charge on any atom is 0.369 e. The van der Waals surface area contributed by atoms with Gasteiger partial charge in [-0.2, -0.15) is 4.57 Å². The fourth-order valence-electron chi connectivity index (χ4n) is 3.62. The molecule has 0 fully saturated rings. The van der Waals surface area contributed by atoms with Crippen LogP contribution in [0.25, 0.3) is 22.1 Å². The molecule has 3 aromatic rings. The highest BCUT2D eigenvalue weighted by atomic mass is 31.2. The third-order valence-corrected chi connectivity index (χ3v) is 9.44. The van der Waals surface area contributed by atoms with Crippen LogP contribution in [0.2, 0.25) is 0 Å². The lowest BCUT2D eigenvalue weighted by Gasteiger charge is -2.29. The van der Waals surface area contributed by atoms with E-state index in [2.05, 4.69) is 5.32 Å². The van der Waals surface area contributed by atoms with Gasteiger partial charge in [-0.1, -0.05) is 18.2 Å². The van der Waals surface area contributed by atoms with Gasteiger partial charge in [-0.3, -0.25) is 13.9 Å². The molecule has 0 radical (unpaired) electrons. The number of ether oxygens (including phenoxy) is 1. The number of aryl methyl sites for hydroxylation is 1. The van der Waals surface area contributed by atoms with Gasteiger partial charge >= 0.3 is 15.2 Å². The number of fused-ring (bicyclic) bond motifs is 2. The van der Waals surface area contributed by atoms with Crippen LogP contribution in [0.3, 0.4) is 0 Å². The zero-order chi connectivity index (χ0) is 25.9. The predicted octanol–water partition coefficient (Wildman–Crippen LogP) is 1.27. The minimum Gasteiger partial charge on any atom is -0.491 e. The first kappa shape index (κ1) is 27.2. The Labute approximate surface area is 200 Å². The van der Waals surface area contributed by atoms with Crippen LogP contribution < -0.4 is 14.6 Å². The summed E-state index contributed by atoms with van der Waals surface area (Å²) < 4.78 is 30.5. The van der Waals surface area contributed by atoms with Crippen LogP contribution in [-0.2, 0) is 21.0 Å². The molecule has 14 heteroatoms. The molecule has 0 aliphatic heterocycles. The Morgan fingerprint density at radius 3 is 2.37 bits per heavy atom. The van der Waals surface area contributed by atoms with Gasteiger partial charge in [0.05, 0.1) is 6.61 Å². The maximum absolute atomic E-state index is 12.0. The van der Waals surface area contributed by atoms with Gasteiger partial charge in [0.2, 0.25) is 16.9 Å². The lowest BCUT2D eigenvalue weighted by Crippen LogP contribution is -2.31. The van der Waals surface area contributed by atoms with Crippen molar-refractivity contribution in [1.82, 2.24) is 10.3 Å². The summed E-state index contributed by atoms with van der Waals surface area (Å²) in [5.74, 6) is 0.205. The summed E-state index contributed by atoms with van der Waals surface area (Å²) in [7, 11) is -9.06. The summed E-state index contributed by atoms with van der Waals surface area (Å²) in [6, 6.07) is 13.3. The van der Waals surface area contributed by atoms with E-state index in [1.807, 2.05) is 48.0 Å². The fourth-order valence-corrected chi connectivity index (χ4v) is 5.88. The Hall–Kier alpha value is -2.43. The molecular formula is C21H28N3O9P2+. The number of rotatable bonds is 11. The molecule has 12 nitrogen and oxygen atoms in total. The van der Waals surface area contributed by atoms with E-state index in [0.29, 0.717) is 17.7 Å². The smallest absolute Gasteiger partial charge is 0.369 e. The second-order valence-corrected chi connectivity index (χ2v) is 12.1. The third kappa shape index (κ3) is 6.05. The first-order valence-electron chi connectivity index (χ1n) is 10.8. The average Bonchev–Trinajstić information content (AvgIpc) is 2.78. The van der Waals surface area contributed by atoms with Gasteiger partial charge in [-0.05, 0) is 25.0 Å². The monoisotopic (exact) mass is 528 g/mol. The van der Waals surface area contributed by atoms with Crippen LogP contribution in [0.15, 0.2) is 42.5 Å². The number of nitrogens with zero attached hydrogens (tertiary/aromatic N) is 2. The summed E-state index contributed by atoms with van der Waals surface area (Å²) in [5, 5.41) is 8.83. The molecule has 0 atom stereocenters. The zero-order valence-electron chi connectivity index (χ0n) is 18.9. The number of carbonyl (C=O) groups excluding carboxylic acids is 1. The van der Waals surface area contributed by atoms with Crippen molar-refractivity contribution in [3.8, 4) is 5.75 Å². The summed E-state index contributed by atoms with van der Waals surface area (Å²) in [6.45, 7) is 0.111. The largest absolute Gasteiger partial charge is 0.491 e. The number of hydrogen-bond acceptors (Lipinski definition) is 6. The molecule has 0 saturated carbocycles. The molecule has 1 heterocycles. The van der Waals surface area contributed by atoms with E-state index in [9.17, 15) is 19.0 Å². The van der Waals surface area contributed by atoms with Crippen molar-refractivity contribution < 1.29 is 47.9 Å². The standard InChI is InChI=1S/C21H27N3O9P2/c1-24-16-8-3-2-7-15(16)23-20-17(24)9-4-10-18(20)33-14-5-11-19(25)22-13-6-12-21(26,34(27,28)29)35(30,31)32/h2-4,7-10,26H,5-6,11-14H2,1H3,(H4-,22,25,27,28,29,30,31,32)/p+1. The number of amides is 1. The van der Waals surface area contributed by atoms with Crippen molar-refractivity contribution >= 4 is 43.2 Å². The molecule has 0 spiro atoms. The lowest BCUT2D eigenvalue weighted by atomic mass is 10.2. The predicted molar refractivity (Wildman–Crippen MR) is 126 cm³/mol. The van der Waals surface area contributed by atoms with Crippen LogP contribution in [0.1, 0.15) is 25.7 Å². The Morgan fingerprint density at radius 2 is 1.69 bits per heavy atom. The molecule has 0 saturated heterocycles. The van der Waals surface area contributed by atoms with Crippen LogP contribution in [-0.4, -0.2) is 53.8 Å². The summed E-state index contributed by atoms with van der Waals surface area (Å²) in [5.41, 5.74) is 3.39. The highest BCUT2D eigenvalue weighted by molar-refractivity contribution is 7.72. The first-order valence-corrected chi connectivity index (χ1v) is 14.0. The third-order valence-electron chi connectivity index (χ3n) is 5.56. The van der Waals surface area contributed by atoms with Gasteiger partial charge in [0.25, 0.3) is 5.08 Å². The van der Waals surface area contributed by atoms with Crippen molar-refractivity contribution in [2.45, 2.75) is 30.8 Å². The number of nitrogens with one attached hydrogen (secondary N) is 1. The summed E-state index contributed by atoms with van der Waals surface area (Å²) in [6.07, 6.45) is -0.667. The minimum absolute atomic E-state index is 0.0934. The van der Waals surface area contributed by atoms with Crippen molar-refractivity contribution in [2.75, 3.05) is 13.2 Å². The van der Waals surface area contributed by atoms with Crippen LogP contribution in [0.4, 0.5) is 0 Å². The average molecular weight is 528 g/mol. The number of aromatic nitrogens is 2. The molecule has 0 aliphatic rings. The first-order chi connectivity index (χ1) is 16.3. The normalized spacial score (nSPS) is 12.7. The van der Waals surface area contributed by atoms with Crippen LogP contribution in [0, 0.1) is 0 Å². The van der Waals surface area contributed by atoms with Gasteiger partial charge in [-0.25, -0.2) is 4.98 Å².